The van der Waals surface area contributed by atoms with Crippen molar-refractivity contribution in [2.75, 3.05) is 27.4 Å². The molecule has 1 aromatic carbocycles. The second-order valence-electron chi connectivity index (χ2n) is 5.57. The number of methoxy groups -OCH3 is 2. The van der Waals surface area contributed by atoms with E-state index < -0.39 is 11.9 Å². The molecule has 0 saturated carbocycles. The first-order chi connectivity index (χ1) is 10.5. The zero-order valence-corrected chi connectivity index (χ0v) is 13.8. The van der Waals surface area contributed by atoms with Crippen molar-refractivity contribution in [2.24, 2.45) is 11.8 Å². The van der Waals surface area contributed by atoms with Crippen molar-refractivity contribution >= 4 is 5.97 Å². The Balaban J connectivity index is 2.82. The number of carboxylic acids is 1. The number of rotatable bonds is 10. The predicted octanol–water partition coefficient (Wildman–Crippen LogP) is 3.01. The summed E-state index contributed by atoms with van der Waals surface area (Å²) in [5, 5.41) is 9.31. The molecule has 0 radical (unpaired) electrons. The smallest absolute Gasteiger partial charge is 0.307 e. The van der Waals surface area contributed by atoms with Gasteiger partial charge >= 0.3 is 5.97 Å². The summed E-state index contributed by atoms with van der Waals surface area (Å²) in [5.74, 6) is 0.190. The molecule has 1 N–H and O–H groups in total. The zero-order chi connectivity index (χ0) is 16.5. The van der Waals surface area contributed by atoms with E-state index in [4.69, 9.17) is 14.2 Å². The Morgan fingerprint density at radius 3 is 2.45 bits per heavy atom. The van der Waals surface area contributed by atoms with Gasteiger partial charge in [-0.25, -0.2) is 0 Å². The zero-order valence-electron chi connectivity index (χ0n) is 13.8. The van der Waals surface area contributed by atoms with Gasteiger partial charge < -0.3 is 19.3 Å². The lowest BCUT2D eigenvalue weighted by Gasteiger charge is -2.17. The van der Waals surface area contributed by atoms with Gasteiger partial charge in [0.1, 0.15) is 0 Å². The summed E-state index contributed by atoms with van der Waals surface area (Å²) in [4.78, 5) is 11.3. The lowest BCUT2D eigenvalue weighted by Crippen LogP contribution is -2.22. The molecule has 1 aromatic rings. The molecule has 0 spiro atoms. The molecule has 0 unspecified atom stereocenters. The standard InChI is InChI=1S/C17H26O5/c1-12(2)14(17(18)19)10-13-6-7-15(21-4)16(11-13)22-9-5-8-20-3/h6-7,11-12,14H,5,8-10H2,1-4H3,(H,18,19)/t14-/m0/s1. The molecular formula is C17H26O5. The monoisotopic (exact) mass is 310 g/mol. The van der Waals surface area contributed by atoms with Crippen LogP contribution in [-0.2, 0) is 16.0 Å². The number of ether oxygens (including phenoxy) is 3. The Morgan fingerprint density at radius 2 is 1.91 bits per heavy atom. The van der Waals surface area contributed by atoms with Crippen molar-refractivity contribution in [3.8, 4) is 11.5 Å². The van der Waals surface area contributed by atoms with Crippen LogP contribution in [0.15, 0.2) is 18.2 Å². The molecule has 0 aliphatic heterocycles. The molecule has 0 saturated heterocycles. The van der Waals surface area contributed by atoms with E-state index in [2.05, 4.69) is 0 Å². The van der Waals surface area contributed by atoms with Gasteiger partial charge in [-0.15, -0.1) is 0 Å². The maximum atomic E-state index is 11.3. The quantitative estimate of drug-likeness (QED) is 0.673. The highest BCUT2D eigenvalue weighted by atomic mass is 16.5. The molecular weight excluding hydrogens is 284 g/mol. The lowest BCUT2D eigenvalue weighted by atomic mass is 9.89. The minimum atomic E-state index is -0.770. The highest BCUT2D eigenvalue weighted by Crippen LogP contribution is 2.30. The van der Waals surface area contributed by atoms with Gasteiger partial charge in [0.2, 0.25) is 0 Å². The van der Waals surface area contributed by atoms with Crippen LogP contribution in [0.5, 0.6) is 11.5 Å². The molecule has 0 bridgehead atoms. The maximum absolute atomic E-state index is 11.3. The van der Waals surface area contributed by atoms with Crippen molar-refractivity contribution in [1.82, 2.24) is 0 Å². The van der Waals surface area contributed by atoms with Crippen LogP contribution in [0, 0.1) is 11.8 Å². The Hall–Kier alpha value is -1.75. The number of benzene rings is 1. The summed E-state index contributed by atoms with van der Waals surface area (Å²) in [6.45, 7) is 5.01. The molecule has 0 fully saturated rings. The van der Waals surface area contributed by atoms with Crippen LogP contribution in [0.2, 0.25) is 0 Å². The van der Waals surface area contributed by atoms with E-state index >= 15 is 0 Å². The van der Waals surface area contributed by atoms with Crippen LogP contribution in [0.4, 0.5) is 0 Å². The van der Waals surface area contributed by atoms with E-state index in [-0.39, 0.29) is 5.92 Å². The maximum Gasteiger partial charge on any atom is 0.307 e. The molecule has 22 heavy (non-hydrogen) atoms. The van der Waals surface area contributed by atoms with E-state index in [0.717, 1.165) is 12.0 Å². The summed E-state index contributed by atoms with van der Waals surface area (Å²) in [6.07, 6.45) is 1.26. The van der Waals surface area contributed by atoms with Gasteiger partial charge in [0.15, 0.2) is 11.5 Å². The van der Waals surface area contributed by atoms with Crippen LogP contribution in [0.1, 0.15) is 25.8 Å². The van der Waals surface area contributed by atoms with Gasteiger partial charge in [-0.1, -0.05) is 19.9 Å². The molecule has 0 aliphatic rings. The Morgan fingerprint density at radius 1 is 1.18 bits per heavy atom. The second kappa shape index (κ2) is 9.30. The average Bonchev–Trinajstić information content (AvgIpc) is 2.48. The third-order valence-electron chi connectivity index (χ3n) is 3.56. The molecule has 5 nitrogen and oxygen atoms in total. The van der Waals surface area contributed by atoms with E-state index in [1.54, 1.807) is 14.2 Å². The average molecular weight is 310 g/mol. The number of hydrogen-bond acceptors (Lipinski definition) is 4. The Kier molecular flexibility index (Phi) is 7.74. The number of hydrogen-bond donors (Lipinski definition) is 1. The Labute approximate surface area is 132 Å². The lowest BCUT2D eigenvalue weighted by molar-refractivity contribution is -0.143. The van der Waals surface area contributed by atoms with Crippen LogP contribution < -0.4 is 9.47 Å². The summed E-state index contributed by atoms with van der Waals surface area (Å²) in [7, 11) is 3.24. The fraction of sp³-hybridized carbons (Fsp3) is 0.588. The molecule has 5 heteroatoms. The first-order valence-corrected chi connectivity index (χ1v) is 7.51. The number of carboxylic acid groups (broad SMARTS) is 1. The minimum absolute atomic E-state index is 0.0747. The van der Waals surface area contributed by atoms with Gasteiger partial charge in [0.05, 0.1) is 19.6 Å². The highest BCUT2D eigenvalue weighted by molar-refractivity contribution is 5.70. The molecule has 0 heterocycles. The van der Waals surface area contributed by atoms with Crippen LogP contribution >= 0.6 is 0 Å². The molecule has 1 atom stereocenters. The van der Waals surface area contributed by atoms with Gasteiger partial charge in [-0.3, -0.25) is 4.79 Å². The van der Waals surface area contributed by atoms with Crippen molar-refractivity contribution < 1.29 is 24.1 Å². The van der Waals surface area contributed by atoms with Gasteiger partial charge in [0.25, 0.3) is 0 Å². The van der Waals surface area contributed by atoms with Crippen molar-refractivity contribution in [3.63, 3.8) is 0 Å². The third kappa shape index (κ3) is 5.56. The van der Waals surface area contributed by atoms with Crippen molar-refractivity contribution in [3.05, 3.63) is 23.8 Å². The third-order valence-corrected chi connectivity index (χ3v) is 3.56. The Bertz CT molecular complexity index is 470. The van der Waals surface area contributed by atoms with E-state index in [9.17, 15) is 9.90 Å². The summed E-state index contributed by atoms with van der Waals surface area (Å²) in [6, 6.07) is 5.57. The van der Waals surface area contributed by atoms with E-state index in [1.807, 2.05) is 32.0 Å². The van der Waals surface area contributed by atoms with Gasteiger partial charge in [-0.2, -0.15) is 0 Å². The van der Waals surface area contributed by atoms with E-state index in [1.165, 1.54) is 0 Å². The second-order valence-corrected chi connectivity index (χ2v) is 5.57. The SMILES string of the molecule is COCCCOc1cc(C[C@H](C(=O)O)C(C)C)ccc1OC. The van der Waals surface area contributed by atoms with Crippen molar-refractivity contribution in [1.29, 1.82) is 0 Å². The van der Waals surface area contributed by atoms with Gasteiger partial charge in [-0.05, 0) is 30.0 Å². The molecule has 1 rings (SSSR count). The molecule has 124 valence electrons. The fourth-order valence-electron chi connectivity index (χ4n) is 2.21. The topological polar surface area (TPSA) is 65.0 Å². The molecule has 0 aliphatic carbocycles. The predicted molar refractivity (Wildman–Crippen MR) is 84.6 cm³/mol. The largest absolute Gasteiger partial charge is 0.493 e. The minimum Gasteiger partial charge on any atom is -0.493 e. The normalized spacial score (nSPS) is 12.2. The van der Waals surface area contributed by atoms with E-state index in [0.29, 0.717) is 31.1 Å². The van der Waals surface area contributed by atoms with Crippen LogP contribution in [0.3, 0.4) is 0 Å². The van der Waals surface area contributed by atoms with Crippen LogP contribution in [0.25, 0.3) is 0 Å². The fourth-order valence-corrected chi connectivity index (χ4v) is 2.21. The summed E-state index contributed by atoms with van der Waals surface area (Å²) in [5.41, 5.74) is 0.934. The summed E-state index contributed by atoms with van der Waals surface area (Å²) >= 11 is 0. The highest BCUT2D eigenvalue weighted by Gasteiger charge is 2.22. The number of aliphatic carboxylic acids is 1. The molecule has 0 amide bonds. The first kappa shape index (κ1) is 18.3. The first-order valence-electron chi connectivity index (χ1n) is 7.51. The number of carbonyl (C=O) groups is 1. The van der Waals surface area contributed by atoms with Crippen molar-refractivity contribution in [2.45, 2.75) is 26.7 Å². The summed E-state index contributed by atoms with van der Waals surface area (Å²) < 4.78 is 16.0. The van der Waals surface area contributed by atoms with Gasteiger partial charge in [0, 0.05) is 20.1 Å². The van der Waals surface area contributed by atoms with Crippen LogP contribution in [-0.4, -0.2) is 38.5 Å². The molecule has 0 aromatic heterocycles.